The van der Waals surface area contributed by atoms with Crippen molar-refractivity contribution in [2.45, 2.75) is 51.8 Å². The third-order valence-corrected chi connectivity index (χ3v) is 3.62. The lowest BCUT2D eigenvalue weighted by molar-refractivity contribution is -0.134. The van der Waals surface area contributed by atoms with Gasteiger partial charge in [0.2, 0.25) is 5.91 Å². The molecule has 1 aromatic carbocycles. The van der Waals surface area contributed by atoms with E-state index >= 15 is 0 Å². The molecule has 1 aromatic rings. The van der Waals surface area contributed by atoms with Crippen LogP contribution in [0.1, 0.15) is 39.2 Å². The van der Waals surface area contributed by atoms with Gasteiger partial charge in [0.1, 0.15) is 11.6 Å². The van der Waals surface area contributed by atoms with Crippen molar-refractivity contribution >= 4 is 12.0 Å². The van der Waals surface area contributed by atoms with E-state index in [1.54, 1.807) is 25.7 Å². The summed E-state index contributed by atoms with van der Waals surface area (Å²) >= 11 is 0. The number of benzene rings is 1. The maximum Gasteiger partial charge on any atom is 0.408 e. The van der Waals surface area contributed by atoms with Crippen molar-refractivity contribution in [3.8, 4) is 0 Å². The number of alkyl carbamates (subject to hydrolysis) is 1. The van der Waals surface area contributed by atoms with E-state index in [4.69, 9.17) is 4.74 Å². The third-order valence-electron chi connectivity index (χ3n) is 3.62. The zero-order valence-corrected chi connectivity index (χ0v) is 14.6. The topological polar surface area (TPSA) is 58.6 Å². The average Bonchev–Trinajstić information content (AvgIpc) is 2.49. The number of nitrogens with one attached hydrogen (secondary N) is 1. The summed E-state index contributed by atoms with van der Waals surface area (Å²) < 4.78 is 5.27. The van der Waals surface area contributed by atoms with E-state index in [2.05, 4.69) is 5.32 Å². The Kier molecular flexibility index (Phi) is 6.01. The van der Waals surface area contributed by atoms with Gasteiger partial charge in [-0.1, -0.05) is 42.5 Å². The number of carbonyl (C=O) groups excluding carboxylic acids is 2. The zero-order chi connectivity index (χ0) is 17.6. The molecule has 1 atom stereocenters. The molecule has 1 heterocycles. The Morgan fingerprint density at radius 1 is 1.25 bits per heavy atom. The van der Waals surface area contributed by atoms with Gasteiger partial charge in [0.25, 0.3) is 0 Å². The van der Waals surface area contributed by atoms with Crippen LogP contribution in [-0.2, 0) is 16.1 Å². The second kappa shape index (κ2) is 7.99. The molecule has 1 aliphatic rings. The smallest absolute Gasteiger partial charge is 0.408 e. The molecule has 0 radical (unpaired) electrons. The maximum atomic E-state index is 12.8. The molecule has 0 spiro atoms. The van der Waals surface area contributed by atoms with Crippen LogP contribution in [0.2, 0.25) is 0 Å². The lowest BCUT2D eigenvalue weighted by atomic mass is 10.1. The first-order valence-electron chi connectivity index (χ1n) is 8.32. The monoisotopic (exact) mass is 330 g/mol. The minimum Gasteiger partial charge on any atom is -0.444 e. The van der Waals surface area contributed by atoms with Gasteiger partial charge in [-0.3, -0.25) is 4.79 Å². The van der Waals surface area contributed by atoms with E-state index in [1.165, 1.54) is 0 Å². The van der Waals surface area contributed by atoms with Gasteiger partial charge in [0, 0.05) is 13.1 Å². The number of hydrogen-bond acceptors (Lipinski definition) is 3. The SMILES string of the molecule is CC(C)(C)OC(=O)NC1CC=CCCN(Cc2ccccc2)C1=O. The molecule has 2 rings (SSSR count). The molecule has 1 unspecified atom stereocenters. The Morgan fingerprint density at radius 3 is 2.62 bits per heavy atom. The van der Waals surface area contributed by atoms with Crippen LogP contribution >= 0.6 is 0 Å². The zero-order valence-electron chi connectivity index (χ0n) is 14.6. The Morgan fingerprint density at radius 2 is 1.96 bits per heavy atom. The summed E-state index contributed by atoms with van der Waals surface area (Å²) in [5.41, 5.74) is 0.486. The van der Waals surface area contributed by atoms with Crippen LogP contribution in [0.25, 0.3) is 0 Å². The maximum absolute atomic E-state index is 12.8. The molecular weight excluding hydrogens is 304 g/mol. The van der Waals surface area contributed by atoms with Crippen molar-refractivity contribution < 1.29 is 14.3 Å². The number of rotatable bonds is 3. The Labute approximate surface area is 143 Å². The summed E-state index contributed by atoms with van der Waals surface area (Å²) in [6, 6.07) is 9.27. The molecule has 0 saturated carbocycles. The Bertz CT molecular complexity index is 590. The molecular formula is C19H26N2O3. The van der Waals surface area contributed by atoms with Crippen molar-refractivity contribution in [2.75, 3.05) is 6.54 Å². The Hall–Kier alpha value is -2.30. The minimum absolute atomic E-state index is 0.0749. The van der Waals surface area contributed by atoms with Crippen LogP contribution < -0.4 is 5.32 Å². The van der Waals surface area contributed by atoms with Crippen LogP contribution in [0, 0.1) is 0 Å². The molecule has 0 saturated heterocycles. The van der Waals surface area contributed by atoms with Crippen molar-refractivity contribution in [3.63, 3.8) is 0 Å². The molecule has 2 amide bonds. The van der Waals surface area contributed by atoms with Crippen molar-refractivity contribution in [1.82, 2.24) is 10.2 Å². The molecule has 130 valence electrons. The number of amides is 2. The van der Waals surface area contributed by atoms with Gasteiger partial charge in [0.15, 0.2) is 0 Å². The molecule has 24 heavy (non-hydrogen) atoms. The van der Waals surface area contributed by atoms with Gasteiger partial charge >= 0.3 is 6.09 Å². The molecule has 5 nitrogen and oxygen atoms in total. The lowest BCUT2D eigenvalue weighted by Crippen LogP contribution is -2.50. The first-order chi connectivity index (χ1) is 11.3. The summed E-state index contributed by atoms with van der Waals surface area (Å²) in [6.07, 6.45) is 4.73. The van der Waals surface area contributed by atoms with Crippen LogP contribution in [0.15, 0.2) is 42.5 Å². The van der Waals surface area contributed by atoms with Gasteiger partial charge in [-0.25, -0.2) is 4.79 Å². The van der Waals surface area contributed by atoms with E-state index in [0.717, 1.165) is 12.0 Å². The summed E-state index contributed by atoms with van der Waals surface area (Å²) in [7, 11) is 0. The molecule has 0 bridgehead atoms. The van der Waals surface area contributed by atoms with Gasteiger partial charge < -0.3 is 15.0 Å². The fourth-order valence-electron chi connectivity index (χ4n) is 2.54. The fourth-order valence-corrected chi connectivity index (χ4v) is 2.54. The lowest BCUT2D eigenvalue weighted by Gasteiger charge is -2.29. The largest absolute Gasteiger partial charge is 0.444 e. The predicted octanol–water partition coefficient (Wildman–Crippen LogP) is 3.26. The van der Waals surface area contributed by atoms with E-state index < -0.39 is 17.7 Å². The van der Waals surface area contributed by atoms with E-state index in [-0.39, 0.29) is 5.91 Å². The minimum atomic E-state index is -0.597. The van der Waals surface area contributed by atoms with Gasteiger partial charge in [-0.05, 0) is 39.2 Å². The molecule has 1 N–H and O–H groups in total. The average molecular weight is 330 g/mol. The molecule has 0 aliphatic carbocycles. The van der Waals surface area contributed by atoms with Crippen molar-refractivity contribution in [3.05, 3.63) is 48.0 Å². The van der Waals surface area contributed by atoms with E-state index in [0.29, 0.717) is 19.5 Å². The highest BCUT2D eigenvalue weighted by atomic mass is 16.6. The summed E-state index contributed by atoms with van der Waals surface area (Å²) in [5, 5.41) is 2.71. The summed E-state index contributed by atoms with van der Waals surface area (Å²) in [5.74, 6) is -0.0749. The van der Waals surface area contributed by atoms with Crippen LogP contribution in [0.5, 0.6) is 0 Å². The Balaban J connectivity index is 2.06. The van der Waals surface area contributed by atoms with Crippen molar-refractivity contribution in [1.29, 1.82) is 0 Å². The second-order valence-electron chi connectivity index (χ2n) is 6.94. The highest BCUT2D eigenvalue weighted by Gasteiger charge is 2.28. The third kappa shape index (κ3) is 5.72. The highest BCUT2D eigenvalue weighted by molar-refractivity contribution is 5.86. The van der Waals surface area contributed by atoms with Crippen molar-refractivity contribution in [2.24, 2.45) is 0 Å². The van der Waals surface area contributed by atoms with Gasteiger partial charge in [0.05, 0.1) is 0 Å². The van der Waals surface area contributed by atoms with E-state index in [1.807, 2.05) is 42.5 Å². The van der Waals surface area contributed by atoms with E-state index in [9.17, 15) is 9.59 Å². The number of hydrogen-bond donors (Lipinski definition) is 1. The molecule has 1 aliphatic heterocycles. The number of nitrogens with zero attached hydrogens (tertiary/aromatic N) is 1. The van der Waals surface area contributed by atoms with Crippen LogP contribution in [-0.4, -0.2) is 35.1 Å². The standard InChI is InChI=1S/C19H26N2O3/c1-19(2,3)24-18(23)20-16-12-8-5-9-13-21(17(16)22)14-15-10-6-4-7-11-15/h4-8,10-11,16H,9,12-14H2,1-3H3,(H,20,23). The first kappa shape index (κ1) is 18.0. The fraction of sp³-hybridized carbons (Fsp3) is 0.474. The molecule has 5 heteroatoms. The highest BCUT2D eigenvalue weighted by Crippen LogP contribution is 2.13. The molecule has 0 fully saturated rings. The second-order valence-corrected chi connectivity index (χ2v) is 6.94. The number of ether oxygens (including phenoxy) is 1. The summed E-state index contributed by atoms with van der Waals surface area (Å²) in [6.45, 7) is 6.58. The number of carbonyl (C=O) groups is 2. The van der Waals surface area contributed by atoms with Gasteiger partial charge in [-0.15, -0.1) is 0 Å². The predicted molar refractivity (Wildman–Crippen MR) is 93.4 cm³/mol. The normalized spacial score (nSPS) is 18.7. The molecule has 0 aromatic heterocycles. The first-order valence-corrected chi connectivity index (χ1v) is 8.32. The summed E-state index contributed by atoms with van der Waals surface area (Å²) in [4.78, 5) is 26.6. The quantitative estimate of drug-likeness (QED) is 0.866. The van der Waals surface area contributed by atoms with Crippen LogP contribution in [0.3, 0.4) is 0 Å². The van der Waals surface area contributed by atoms with Gasteiger partial charge in [-0.2, -0.15) is 0 Å². The van der Waals surface area contributed by atoms with Crippen LogP contribution in [0.4, 0.5) is 4.79 Å².